The summed E-state index contributed by atoms with van der Waals surface area (Å²) in [5.41, 5.74) is 1.92. The van der Waals surface area contributed by atoms with Gasteiger partial charge in [0.05, 0.1) is 12.3 Å². The number of hydrogen-bond acceptors (Lipinski definition) is 3. The van der Waals surface area contributed by atoms with Crippen molar-refractivity contribution in [1.82, 2.24) is 9.80 Å². The molecule has 2 unspecified atom stereocenters. The van der Waals surface area contributed by atoms with Crippen LogP contribution in [0.25, 0.3) is 0 Å². The highest BCUT2D eigenvalue weighted by Gasteiger charge is 2.38. The number of likely N-dealkylation sites (tertiary alicyclic amines) is 2. The Balaban J connectivity index is 1.48. The van der Waals surface area contributed by atoms with Gasteiger partial charge in [-0.3, -0.25) is 4.90 Å². The highest BCUT2D eigenvalue weighted by atomic mass is 35.5. The van der Waals surface area contributed by atoms with Crippen LogP contribution in [0.3, 0.4) is 0 Å². The van der Waals surface area contributed by atoms with Crippen molar-refractivity contribution in [2.75, 3.05) is 39.5 Å². The first-order chi connectivity index (χ1) is 12.6. The topological polar surface area (TPSA) is 15.7 Å². The number of nitrogens with zero attached hydrogens (tertiary/aromatic N) is 2. The quantitative estimate of drug-likeness (QED) is 0.631. The molecular formula is C23H39ClN2O. The van der Waals surface area contributed by atoms with E-state index in [4.69, 9.17) is 16.3 Å². The van der Waals surface area contributed by atoms with Gasteiger partial charge < -0.3 is 9.64 Å². The average Bonchev–Trinajstić information content (AvgIpc) is 3.00. The molecule has 0 saturated carbocycles. The molecule has 2 heterocycles. The molecule has 0 aromatic heterocycles. The summed E-state index contributed by atoms with van der Waals surface area (Å²) in [6.07, 6.45) is 9.19. The minimum Gasteiger partial charge on any atom is -0.360 e. The summed E-state index contributed by atoms with van der Waals surface area (Å²) in [6, 6.07) is 0. The van der Waals surface area contributed by atoms with Crippen molar-refractivity contribution in [2.45, 2.75) is 65.9 Å². The summed E-state index contributed by atoms with van der Waals surface area (Å²) >= 11 is 6.16. The van der Waals surface area contributed by atoms with E-state index in [1.165, 1.54) is 45.6 Å². The number of rotatable bonds is 5. The second kappa shape index (κ2) is 8.57. The lowest BCUT2D eigenvalue weighted by Crippen LogP contribution is -2.48. The summed E-state index contributed by atoms with van der Waals surface area (Å²) in [7, 11) is 0. The molecule has 1 aliphatic carbocycles. The number of ether oxygens (including phenoxy) is 1. The molecule has 0 bridgehead atoms. The predicted molar refractivity (Wildman–Crippen MR) is 115 cm³/mol. The van der Waals surface area contributed by atoms with Crippen LogP contribution in [-0.4, -0.2) is 54.9 Å². The molecule has 3 rings (SSSR count). The number of piperidine rings is 1. The zero-order valence-electron chi connectivity index (χ0n) is 18.1. The van der Waals surface area contributed by atoms with E-state index in [-0.39, 0.29) is 5.60 Å². The molecule has 154 valence electrons. The Morgan fingerprint density at radius 2 is 1.85 bits per heavy atom. The molecule has 2 aliphatic heterocycles. The van der Waals surface area contributed by atoms with Gasteiger partial charge in [0, 0.05) is 31.2 Å². The first-order valence-corrected chi connectivity index (χ1v) is 11.1. The van der Waals surface area contributed by atoms with Gasteiger partial charge in [-0.15, -0.1) is 0 Å². The van der Waals surface area contributed by atoms with Crippen LogP contribution in [0.15, 0.2) is 22.8 Å². The Morgan fingerprint density at radius 1 is 1.11 bits per heavy atom. The minimum atomic E-state index is -0.0444. The molecule has 3 aliphatic rings. The normalized spacial score (nSPS) is 30.3. The van der Waals surface area contributed by atoms with Gasteiger partial charge in [0.25, 0.3) is 0 Å². The Labute approximate surface area is 171 Å². The van der Waals surface area contributed by atoms with Crippen molar-refractivity contribution in [2.24, 2.45) is 17.3 Å². The average molecular weight is 395 g/mol. The Morgan fingerprint density at radius 3 is 2.48 bits per heavy atom. The molecule has 0 aromatic rings. The largest absolute Gasteiger partial charge is 0.360 e. The zero-order chi connectivity index (χ0) is 19.7. The van der Waals surface area contributed by atoms with Crippen molar-refractivity contribution in [1.29, 1.82) is 0 Å². The van der Waals surface area contributed by atoms with E-state index in [0.29, 0.717) is 11.3 Å². The summed E-state index contributed by atoms with van der Waals surface area (Å²) in [6.45, 7) is 18.2. The maximum atomic E-state index is 6.16. The van der Waals surface area contributed by atoms with Crippen molar-refractivity contribution in [3.8, 4) is 0 Å². The van der Waals surface area contributed by atoms with Gasteiger partial charge >= 0.3 is 0 Å². The fourth-order valence-corrected chi connectivity index (χ4v) is 5.22. The highest BCUT2D eigenvalue weighted by Crippen LogP contribution is 2.43. The summed E-state index contributed by atoms with van der Waals surface area (Å²) in [5.74, 6) is 1.49. The van der Waals surface area contributed by atoms with E-state index in [1.54, 1.807) is 5.57 Å². The molecule has 2 atom stereocenters. The third-order valence-corrected chi connectivity index (χ3v) is 6.77. The molecule has 0 aromatic carbocycles. The van der Waals surface area contributed by atoms with Crippen LogP contribution >= 0.6 is 11.6 Å². The number of halogens is 1. The van der Waals surface area contributed by atoms with Gasteiger partial charge in [-0.2, -0.15) is 0 Å². The Bertz CT molecular complexity index is 575. The summed E-state index contributed by atoms with van der Waals surface area (Å²) < 4.78 is 5.97. The third kappa shape index (κ3) is 6.06. The monoisotopic (exact) mass is 394 g/mol. The summed E-state index contributed by atoms with van der Waals surface area (Å²) in [4.78, 5) is 5.21. The van der Waals surface area contributed by atoms with E-state index >= 15 is 0 Å². The molecule has 0 spiro atoms. The molecule has 4 heteroatoms. The van der Waals surface area contributed by atoms with E-state index in [2.05, 4.69) is 56.6 Å². The van der Waals surface area contributed by atoms with E-state index in [1.807, 2.05) is 0 Å². The van der Waals surface area contributed by atoms with E-state index < -0.39 is 0 Å². The lowest BCUT2D eigenvalue weighted by atomic mass is 9.68. The van der Waals surface area contributed by atoms with Crippen LogP contribution in [0.5, 0.6) is 0 Å². The second-order valence-corrected chi connectivity index (χ2v) is 11.0. The first kappa shape index (κ1) is 21.4. The number of hydrogen-bond donors (Lipinski definition) is 0. The van der Waals surface area contributed by atoms with Crippen molar-refractivity contribution < 1.29 is 4.74 Å². The van der Waals surface area contributed by atoms with Crippen LogP contribution in [-0.2, 0) is 4.74 Å². The first-order valence-electron chi connectivity index (χ1n) is 10.8. The lowest BCUT2D eigenvalue weighted by molar-refractivity contribution is -0.0581. The molecule has 0 radical (unpaired) electrons. The fraction of sp³-hybridized carbons (Fsp3) is 0.826. The van der Waals surface area contributed by atoms with Gasteiger partial charge in [0.15, 0.2) is 0 Å². The predicted octanol–water partition coefficient (Wildman–Crippen LogP) is 5.27. The van der Waals surface area contributed by atoms with Gasteiger partial charge in [-0.05, 0) is 76.3 Å². The number of allylic oxidation sites excluding steroid dienone is 4. The van der Waals surface area contributed by atoms with Crippen LogP contribution < -0.4 is 0 Å². The maximum absolute atomic E-state index is 6.16. The molecular weight excluding hydrogens is 356 g/mol. The molecule has 27 heavy (non-hydrogen) atoms. The highest BCUT2D eigenvalue weighted by molar-refractivity contribution is 6.29. The minimum absolute atomic E-state index is 0.0444. The van der Waals surface area contributed by atoms with Gasteiger partial charge in [-0.25, -0.2) is 0 Å². The molecule has 0 N–H and O–H groups in total. The molecule has 2 fully saturated rings. The third-order valence-electron chi connectivity index (χ3n) is 6.45. The molecule has 3 nitrogen and oxygen atoms in total. The zero-order valence-corrected chi connectivity index (χ0v) is 18.8. The Kier molecular flexibility index (Phi) is 6.78. The summed E-state index contributed by atoms with van der Waals surface area (Å²) in [5, 5.41) is 1.01. The van der Waals surface area contributed by atoms with Crippen LogP contribution in [0, 0.1) is 17.3 Å². The van der Waals surface area contributed by atoms with Crippen molar-refractivity contribution in [3.63, 3.8) is 0 Å². The fourth-order valence-electron chi connectivity index (χ4n) is 5.06. The Hall–Kier alpha value is -0.350. The second-order valence-electron chi connectivity index (χ2n) is 10.5. The standard InChI is InChI=1S/C23H39ClN2O/c1-22(2,3)27-17-26-12-10-18(15-26)14-25-13-11-21(23(4,5)16-25)19-6-8-20(24)9-7-19/h6,8,18,21H,7,9-17H2,1-5H3. The van der Waals surface area contributed by atoms with Crippen molar-refractivity contribution in [3.05, 3.63) is 22.8 Å². The van der Waals surface area contributed by atoms with Crippen LogP contribution in [0.2, 0.25) is 0 Å². The van der Waals surface area contributed by atoms with Gasteiger partial charge in [0.1, 0.15) is 0 Å². The van der Waals surface area contributed by atoms with E-state index in [9.17, 15) is 0 Å². The molecule has 0 amide bonds. The van der Waals surface area contributed by atoms with Gasteiger partial charge in [0.2, 0.25) is 0 Å². The lowest BCUT2D eigenvalue weighted by Gasteiger charge is -2.46. The van der Waals surface area contributed by atoms with E-state index in [0.717, 1.165) is 30.5 Å². The van der Waals surface area contributed by atoms with Crippen LogP contribution in [0.1, 0.15) is 60.3 Å². The maximum Gasteiger partial charge on any atom is 0.0997 e. The SMILES string of the molecule is CC(C)(C)OCN1CCC(CN2CCC(C3=CC=C(Cl)CC3)C(C)(C)C2)C1. The van der Waals surface area contributed by atoms with Gasteiger partial charge in [-0.1, -0.05) is 37.1 Å². The molecule has 2 saturated heterocycles. The smallest absolute Gasteiger partial charge is 0.0997 e. The van der Waals surface area contributed by atoms with Crippen molar-refractivity contribution >= 4 is 11.6 Å². The van der Waals surface area contributed by atoms with Crippen LogP contribution in [0.4, 0.5) is 0 Å².